The molecular weight excluding hydrogens is 431 g/mol. The average molecular weight is 457 g/mol. The van der Waals surface area contributed by atoms with Crippen molar-refractivity contribution in [3.63, 3.8) is 0 Å². The SMILES string of the molecule is CC.CC(=O)OCc1ccc(OC2CC(O)CC(C(=O)O)O2)c(C[NH-])c1.[Y]. The molecule has 149 valence electrons. The van der Waals surface area contributed by atoms with E-state index in [2.05, 4.69) is 0 Å². The summed E-state index contributed by atoms with van der Waals surface area (Å²) in [5.74, 6) is -1.17. The Balaban J connectivity index is 0.00000218. The molecule has 1 fully saturated rings. The number of carbonyl (C=O) groups is 2. The van der Waals surface area contributed by atoms with Gasteiger partial charge >= 0.3 is 11.9 Å². The first-order chi connectivity index (χ1) is 12.4. The van der Waals surface area contributed by atoms with E-state index in [1.807, 2.05) is 13.8 Å². The third-order valence-electron chi connectivity index (χ3n) is 3.56. The summed E-state index contributed by atoms with van der Waals surface area (Å²) >= 11 is 0. The first-order valence-corrected chi connectivity index (χ1v) is 8.51. The summed E-state index contributed by atoms with van der Waals surface area (Å²) in [6.07, 6.45) is -2.69. The second-order valence-corrected chi connectivity index (χ2v) is 5.53. The first-order valence-electron chi connectivity index (χ1n) is 8.51. The molecule has 2 rings (SSSR count). The number of aliphatic hydroxyl groups is 1. The zero-order valence-corrected chi connectivity index (χ0v) is 18.6. The van der Waals surface area contributed by atoms with E-state index in [-0.39, 0.29) is 58.7 Å². The predicted molar refractivity (Wildman–Crippen MR) is 93.5 cm³/mol. The summed E-state index contributed by atoms with van der Waals surface area (Å²) in [7, 11) is 0. The largest absolute Gasteiger partial charge is 0.674 e. The van der Waals surface area contributed by atoms with Crippen molar-refractivity contribution in [2.24, 2.45) is 0 Å². The van der Waals surface area contributed by atoms with Gasteiger partial charge in [0.1, 0.15) is 12.4 Å². The fourth-order valence-corrected chi connectivity index (χ4v) is 2.40. The van der Waals surface area contributed by atoms with Gasteiger partial charge in [-0.15, -0.1) is 6.54 Å². The van der Waals surface area contributed by atoms with Crippen LogP contribution in [0.4, 0.5) is 0 Å². The molecule has 1 heterocycles. The van der Waals surface area contributed by atoms with Gasteiger partial charge in [-0.25, -0.2) is 4.79 Å². The molecule has 0 spiro atoms. The summed E-state index contributed by atoms with van der Waals surface area (Å²) in [4.78, 5) is 21.9. The molecule has 3 atom stereocenters. The summed E-state index contributed by atoms with van der Waals surface area (Å²) in [6.45, 7) is 5.34. The van der Waals surface area contributed by atoms with Gasteiger partial charge in [-0.1, -0.05) is 26.0 Å². The van der Waals surface area contributed by atoms with E-state index < -0.39 is 30.4 Å². The van der Waals surface area contributed by atoms with Crippen LogP contribution >= 0.6 is 0 Å². The molecule has 0 aliphatic carbocycles. The fourth-order valence-electron chi connectivity index (χ4n) is 2.40. The molecule has 1 radical (unpaired) electrons. The van der Waals surface area contributed by atoms with Gasteiger partial charge < -0.3 is 30.2 Å². The van der Waals surface area contributed by atoms with Crippen LogP contribution in [0.5, 0.6) is 5.75 Å². The maximum atomic E-state index is 11.0. The van der Waals surface area contributed by atoms with Crippen molar-refractivity contribution in [2.75, 3.05) is 0 Å². The minimum atomic E-state index is -1.15. The van der Waals surface area contributed by atoms with Crippen molar-refractivity contribution < 1.29 is 66.7 Å². The van der Waals surface area contributed by atoms with Crippen molar-refractivity contribution >= 4 is 11.9 Å². The van der Waals surface area contributed by atoms with Crippen molar-refractivity contribution in [3.05, 3.63) is 35.1 Å². The number of aliphatic carboxylic acids is 1. The molecule has 1 aliphatic heterocycles. The normalized spacial score (nSPS) is 21.1. The van der Waals surface area contributed by atoms with E-state index in [1.54, 1.807) is 18.2 Å². The number of carbonyl (C=O) groups excluding carboxylic acids is 1. The summed E-state index contributed by atoms with van der Waals surface area (Å²) in [5.41, 5.74) is 8.86. The van der Waals surface area contributed by atoms with E-state index >= 15 is 0 Å². The van der Waals surface area contributed by atoms with Gasteiger partial charge in [0.25, 0.3) is 0 Å². The van der Waals surface area contributed by atoms with Gasteiger partial charge in [0, 0.05) is 52.5 Å². The van der Waals surface area contributed by atoms with Crippen LogP contribution in [0, 0.1) is 0 Å². The van der Waals surface area contributed by atoms with Gasteiger partial charge in [0.2, 0.25) is 6.29 Å². The van der Waals surface area contributed by atoms with Crippen molar-refractivity contribution in [2.45, 2.75) is 65.3 Å². The fraction of sp³-hybridized carbons (Fsp3) is 0.556. The van der Waals surface area contributed by atoms with Gasteiger partial charge in [-0.05, 0) is 17.2 Å². The Bertz CT molecular complexity index is 611. The van der Waals surface area contributed by atoms with Crippen molar-refractivity contribution in [1.82, 2.24) is 0 Å². The van der Waals surface area contributed by atoms with Crippen molar-refractivity contribution in [3.8, 4) is 5.75 Å². The number of benzene rings is 1. The monoisotopic (exact) mass is 457 g/mol. The Hall–Kier alpha value is -1.06. The minimum Gasteiger partial charge on any atom is -0.674 e. The van der Waals surface area contributed by atoms with Crippen LogP contribution < -0.4 is 4.74 Å². The smallest absolute Gasteiger partial charge is 0.333 e. The van der Waals surface area contributed by atoms with Crippen LogP contribution in [0.25, 0.3) is 5.73 Å². The molecule has 1 aromatic rings. The second-order valence-electron chi connectivity index (χ2n) is 5.53. The number of ether oxygens (including phenoxy) is 3. The Morgan fingerprint density at radius 2 is 1.96 bits per heavy atom. The molecule has 0 saturated carbocycles. The Morgan fingerprint density at radius 3 is 2.52 bits per heavy atom. The molecule has 9 heteroatoms. The molecule has 0 bridgehead atoms. The molecule has 8 nitrogen and oxygen atoms in total. The summed E-state index contributed by atoms with van der Waals surface area (Å²) in [5, 5.41) is 18.8. The number of nitrogens with one attached hydrogen (secondary N) is 1. The van der Waals surface area contributed by atoms with E-state index in [4.69, 9.17) is 25.1 Å². The predicted octanol–water partition coefficient (Wildman–Crippen LogP) is 2.66. The number of hydrogen-bond acceptors (Lipinski definition) is 6. The van der Waals surface area contributed by atoms with Gasteiger partial charge in [0.15, 0.2) is 6.10 Å². The van der Waals surface area contributed by atoms with E-state index in [0.29, 0.717) is 16.9 Å². The molecular formula is C18H26NO7Y-. The third-order valence-corrected chi connectivity index (χ3v) is 3.56. The van der Waals surface area contributed by atoms with Crippen molar-refractivity contribution in [1.29, 1.82) is 0 Å². The number of carboxylic acids is 1. The van der Waals surface area contributed by atoms with E-state index in [0.717, 1.165) is 0 Å². The maximum Gasteiger partial charge on any atom is 0.333 e. The minimum absolute atomic E-state index is 0. The molecule has 1 aliphatic rings. The van der Waals surface area contributed by atoms with Crippen LogP contribution in [0.15, 0.2) is 18.2 Å². The topological polar surface area (TPSA) is 126 Å². The molecule has 3 unspecified atom stereocenters. The molecule has 1 saturated heterocycles. The zero-order chi connectivity index (χ0) is 19.7. The van der Waals surface area contributed by atoms with Crippen LogP contribution in [-0.2, 0) is 64.9 Å². The van der Waals surface area contributed by atoms with Crippen LogP contribution in [0.2, 0.25) is 0 Å². The first kappa shape index (κ1) is 25.9. The third kappa shape index (κ3) is 8.66. The standard InChI is InChI=1S/C16H20NO7.C2H6.Y/c1-9(18)22-8-10-2-3-13(11(4-10)7-17)23-15-6-12(19)5-14(24-15)16(20)21;1-2;/h2-4,12,14-15,17,19H,5-8H2,1H3,(H,20,21);1-2H3;/q-1;;. The number of esters is 1. The van der Waals surface area contributed by atoms with Gasteiger partial charge in [0.05, 0.1) is 6.10 Å². The molecule has 3 N–H and O–H groups in total. The van der Waals surface area contributed by atoms with E-state index in [1.165, 1.54) is 6.92 Å². The molecule has 27 heavy (non-hydrogen) atoms. The van der Waals surface area contributed by atoms with Gasteiger partial charge in [-0.2, -0.15) is 0 Å². The van der Waals surface area contributed by atoms with Crippen LogP contribution in [-0.4, -0.2) is 40.6 Å². The Kier molecular flexibility index (Phi) is 12.7. The molecule has 0 amide bonds. The van der Waals surface area contributed by atoms with E-state index in [9.17, 15) is 14.7 Å². The number of hydrogen-bond donors (Lipinski definition) is 2. The number of carboxylic acid groups (broad SMARTS) is 1. The molecule has 0 aromatic heterocycles. The Morgan fingerprint density at radius 1 is 1.30 bits per heavy atom. The Labute approximate surface area is 184 Å². The quantitative estimate of drug-likeness (QED) is 0.629. The van der Waals surface area contributed by atoms with Crippen LogP contribution in [0.3, 0.4) is 0 Å². The van der Waals surface area contributed by atoms with Crippen LogP contribution in [0.1, 0.15) is 44.7 Å². The number of rotatable bonds is 6. The maximum absolute atomic E-state index is 11.0. The summed E-state index contributed by atoms with van der Waals surface area (Å²) < 4.78 is 15.9. The molecule has 1 aromatic carbocycles. The van der Waals surface area contributed by atoms with Gasteiger partial charge in [-0.3, -0.25) is 4.79 Å². The second kappa shape index (κ2) is 13.2. The number of aliphatic hydroxyl groups excluding tert-OH is 1. The summed E-state index contributed by atoms with van der Waals surface area (Å²) in [6, 6.07) is 4.98. The average Bonchev–Trinajstić information content (AvgIpc) is 2.62. The zero-order valence-electron chi connectivity index (χ0n) is 15.8.